The first-order valence-electron chi connectivity index (χ1n) is 20.5. The van der Waals surface area contributed by atoms with E-state index < -0.39 is 0 Å². The van der Waals surface area contributed by atoms with Crippen LogP contribution >= 0.6 is 0 Å². The predicted octanol–water partition coefficient (Wildman–Crippen LogP) is 17.6. The van der Waals surface area contributed by atoms with Crippen molar-refractivity contribution in [3.63, 3.8) is 0 Å². The van der Waals surface area contributed by atoms with Crippen molar-refractivity contribution in [2.45, 2.75) is 237 Å². The van der Waals surface area contributed by atoms with Crippen LogP contribution in [-0.2, 0) is 0 Å². The molecule has 0 spiro atoms. The van der Waals surface area contributed by atoms with Crippen LogP contribution in [0, 0.1) is 58.2 Å². The number of hydrogen-bond acceptors (Lipinski definition) is 0. The van der Waals surface area contributed by atoms with Gasteiger partial charge in [-0.15, -0.1) is 0 Å². The van der Waals surface area contributed by atoms with E-state index in [0.717, 1.165) is 47.3 Å². The standard InChI is InChI=1S/C8H16.C7H14.C6H12.C6H14.2C5H12.C4H10.2C2H6/c1-6-4-5-7(2)8(6)3;1-6-4-3-5-7(6)2;1-6-4-2-3-5-6;1-5-6(2,3)4;1-5(2,3)4;1-4-5(2)3;1-4(2)3;2*1-2/h6-8H,4-5H2,1-3H3;6-7H,3-5H2,1-2H3;6H,2-5H2,1H3;5H2,1-4H3;1-4H3;5H,4H2,1-3H3;4H,1-3H3;2*1-2H3/t;6-,7?;;;;;;;/m.1......./s1. The molecule has 0 heterocycles. The summed E-state index contributed by atoms with van der Waals surface area (Å²) in [5, 5.41) is 0. The van der Waals surface area contributed by atoms with Crippen LogP contribution in [0.15, 0.2) is 0 Å². The van der Waals surface area contributed by atoms with E-state index in [4.69, 9.17) is 0 Å². The maximum atomic E-state index is 2.38. The van der Waals surface area contributed by atoms with Crippen molar-refractivity contribution >= 4 is 0 Å². The van der Waals surface area contributed by atoms with Gasteiger partial charge in [0.25, 0.3) is 0 Å². The molecule has 0 amide bonds. The van der Waals surface area contributed by atoms with Gasteiger partial charge in [0, 0.05) is 0 Å². The zero-order valence-electron chi connectivity index (χ0n) is 37.4. The molecule has 282 valence electrons. The lowest BCUT2D eigenvalue weighted by Crippen LogP contribution is -2.04. The molecule has 0 saturated heterocycles. The fraction of sp³-hybridized carbons (Fsp3) is 1.00. The lowest BCUT2D eigenvalue weighted by Gasteiger charge is -2.12. The Morgan fingerprint density at radius 1 is 0.489 bits per heavy atom. The van der Waals surface area contributed by atoms with Crippen molar-refractivity contribution in [1.29, 1.82) is 0 Å². The normalized spacial score (nSPS) is 23.5. The second kappa shape index (κ2) is 36.8. The molecule has 0 nitrogen and oxygen atoms in total. The Kier molecular flexibility index (Phi) is 46.9. The third kappa shape index (κ3) is 63.4. The van der Waals surface area contributed by atoms with Crippen LogP contribution in [0.2, 0.25) is 0 Å². The van der Waals surface area contributed by atoms with Crippen molar-refractivity contribution in [2.75, 3.05) is 0 Å². The molecule has 45 heavy (non-hydrogen) atoms. The summed E-state index contributed by atoms with van der Waals surface area (Å²) in [7, 11) is 0. The molecule has 0 aromatic rings. The van der Waals surface area contributed by atoms with Crippen LogP contribution in [-0.4, -0.2) is 0 Å². The van der Waals surface area contributed by atoms with Crippen molar-refractivity contribution in [1.82, 2.24) is 0 Å². The highest BCUT2D eigenvalue weighted by atomic mass is 14.3. The first kappa shape index (κ1) is 57.3. The summed E-state index contributed by atoms with van der Waals surface area (Å²) < 4.78 is 0. The first-order valence-corrected chi connectivity index (χ1v) is 20.5. The summed E-state index contributed by atoms with van der Waals surface area (Å²) in [4.78, 5) is 0. The molecular formula is C45H102. The molecule has 0 heteroatoms. The van der Waals surface area contributed by atoms with Gasteiger partial charge in [0.1, 0.15) is 0 Å². The van der Waals surface area contributed by atoms with Gasteiger partial charge in [-0.05, 0) is 58.2 Å². The van der Waals surface area contributed by atoms with Gasteiger partial charge < -0.3 is 0 Å². The SMILES string of the molecule is CC.CC.CC(C)(C)C.CC(C)C.CC1CCC(C)C1C.CC1CCCC1.CC1CCC[C@H]1C.CCC(C)(C)C.CCC(C)C. The van der Waals surface area contributed by atoms with E-state index in [1.165, 1.54) is 70.6 Å². The van der Waals surface area contributed by atoms with Gasteiger partial charge in [0.2, 0.25) is 0 Å². The zero-order chi connectivity index (χ0) is 37.4. The Morgan fingerprint density at radius 3 is 0.800 bits per heavy atom. The minimum Gasteiger partial charge on any atom is -0.0683 e. The zero-order valence-corrected chi connectivity index (χ0v) is 37.4. The smallest absolute Gasteiger partial charge is 0.0385 e. The highest BCUT2D eigenvalue weighted by Gasteiger charge is 2.25. The predicted molar refractivity (Wildman–Crippen MR) is 220 cm³/mol. The summed E-state index contributed by atoms with van der Waals surface area (Å²) in [6.07, 6.45) is 15.9. The Bertz CT molecular complexity index is 466. The summed E-state index contributed by atoms with van der Waals surface area (Å²) in [6, 6.07) is 0. The van der Waals surface area contributed by atoms with Crippen LogP contribution in [0.5, 0.6) is 0 Å². The second-order valence-electron chi connectivity index (χ2n) is 18.1. The Hall–Kier alpha value is 0. The highest BCUT2D eigenvalue weighted by Crippen LogP contribution is 2.35. The third-order valence-electron chi connectivity index (χ3n) is 8.68. The molecule has 3 unspecified atom stereocenters. The Labute approximate surface area is 294 Å². The molecule has 0 aromatic heterocycles. The summed E-state index contributed by atoms with van der Waals surface area (Å²) >= 11 is 0. The molecule has 0 bridgehead atoms. The largest absolute Gasteiger partial charge is 0.0683 e. The minimum absolute atomic E-state index is 0.500. The van der Waals surface area contributed by atoms with Crippen molar-refractivity contribution in [3.05, 3.63) is 0 Å². The molecule has 0 N–H and O–H groups in total. The van der Waals surface area contributed by atoms with Gasteiger partial charge in [-0.25, -0.2) is 0 Å². The van der Waals surface area contributed by atoms with Gasteiger partial charge in [0.05, 0.1) is 0 Å². The lowest BCUT2D eigenvalue weighted by molar-refractivity contribution is 0.380. The lowest BCUT2D eigenvalue weighted by atomic mass is 9.94. The van der Waals surface area contributed by atoms with Gasteiger partial charge in [0.15, 0.2) is 0 Å². The fourth-order valence-electron chi connectivity index (χ4n) is 4.07. The maximum Gasteiger partial charge on any atom is -0.0385 e. The van der Waals surface area contributed by atoms with Crippen LogP contribution in [0.3, 0.4) is 0 Å². The van der Waals surface area contributed by atoms with Crippen LogP contribution in [0.25, 0.3) is 0 Å². The molecule has 0 aromatic carbocycles. The number of hydrogen-bond donors (Lipinski definition) is 0. The van der Waals surface area contributed by atoms with Crippen molar-refractivity contribution in [3.8, 4) is 0 Å². The molecular weight excluding hydrogens is 540 g/mol. The van der Waals surface area contributed by atoms with E-state index in [1.807, 2.05) is 27.7 Å². The van der Waals surface area contributed by atoms with Crippen LogP contribution in [0.4, 0.5) is 0 Å². The van der Waals surface area contributed by atoms with E-state index >= 15 is 0 Å². The molecule has 3 rings (SSSR count). The number of rotatable bonds is 1. The van der Waals surface area contributed by atoms with E-state index in [2.05, 4.69) is 138 Å². The molecule has 3 saturated carbocycles. The fourth-order valence-corrected chi connectivity index (χ4v) is 4.07. The molecule has 0 radical (unpaired) electrons. The Balaban J connectivity index is -0.0000000977. The maximum absolute atomic E-state index is 2.38. The summed E-state index contributed by atoms with van der Waals surface area (Å²) in [5.74, 6) is 7.75. The van der Waals surface area contributed by atoms with E-state index in [-0.39, 0.29) is 0 Å². The molecule has 4 atom stereocenters. The average molecular weight is 643 g/mol. The second-order valence-corrected chi connectivity index (χ2v) is 18.1. The van der Waals surface area contributed by atoms with Crippen LogP contribution < -0.4 is 0 Å². The highest BCUT2D eigenvalue weighted by molar-refractivity contribution is 4.75. The summed E-state index contributed by atoms with van der Waals surface area (Å²) in [5.41, 5.74) is 1.04. The Morgan fingerprint density at radius 2 is 0.733 bits per heavy atom. The monoisotopic (exact) mass is 643 g/mol. The molecule has 3 fully saturated rings. The molecule has 3 aliphatic carbocycles. The molecule has 3 aliphatic rings. The van der Waals surface area contributed by atoms with E-state index in [9.17, 15) is 0 Å². The van der Waals surface area contributed by atoms with Gasteiger partial charge >= 0.3 is 0 Å². The average Bonchev–Trinajstić information content (AvgIpc) is 3.65. The minimum atomic E-state index is 0.500. The van der Waals surface area contributed by atoms with E-state index in [0.29, 0.717) is 10.8 Å². The third-order valence-corrected chi connectivity index (χ3v) is 8.68. The van der Waals surface area contributed by atoms with Gasteiger partial charge in [-0.1, -0.05) is 237 Å². The molecule has 0 aliphatic heterocycles. The quantitative estimate of drug-likeness (QED) is 0.267. The van der Waals surface area contributed by atoms with Gasteiger partial charge in [-0.2, -0.15) is 0 Å². The first-order chi connectivity index (χ1) is 20.5. The van der Waals surface area contributed by atoms with Crippen molar-refractivity contribution in [2.24, 2.45) is 58.2 Å². The summed E-state index contributed by atoms with van der Waals surface area (Å²) in [6.45, 7) is 53.0. The van der Waals surface area contributed by atoms with Crippen molar-refractivity contribution < 1.29 is 0 Å². The topological polar surface area (TPSA) is 0 Å². The van der Waals surface area contributed by atoms with Gasteiger partial charge in [-0.3, -0.25) is 0 Å². The van der Waals surface area contributed by atoms with Crippen LogP contribution in [0.1, 0.15) is 237 Å². The van der Waals surface area contributed by atoms with E-state index in [1.54, 1.807) is 0 Å².